The molecule has 0 spiro atoms. The number of aromatic nitrogens is 2. The van der Waals surface area contributed by atoms with E-state index in [1.807, 2.05) is 40.7 Å². The largest absolute Gasteiger partial charge is 0.273 e. The Bertz CT molecular complexity index is 433. The molecular formula is C13H21FN2. The molecule has 0 amide bonds. The second-order valence-electron chi connectivity index (χ2n) is 2.92. The quantitative estimate of drug-likeness (QED) is 0.615. The van der Waals surface area contributed by atoms with Gasteiger partial charge in [0.25, 0.3) is 0 Å². The molecule has 0 aliphatic rings. The van der Waals surface area contributed by atoms with Crippen LogP contribution in [0.1, 0.15) is 39.1 Å². The molecule has 3 heteroatoms. The van der Waals surface area contributed by atoms with Crippen LogP contribution in [0.15, 0.2) is 18.3 Å². The van der Waals surface area contributed by atoms with Crippen LogP contribution in [0.5, 0.6) is 0 Å². The summed E-state index contributed by atoms with van der Waals surface area (Å²) in [6.07, 6.45) is 1.67. The van der Waals surface area contributed by atoms with Gasteiger partial charge in [-0.2, -0.15) is 4.39 Å². The fourth-order valence-electron chi connectivity index (χ4n) is 1.37. The number of hydrogen-bond donors (Lipinski definition) is 0. The lowest BCUT2D eigenvalue weighted by atomic mass is 10.3. The number of imidazole rings is 1. The highest BCUT2D eigenvalue weighted by molar-refractivity contribution is 5.48. The van der Waals surface area contributed by atoms with Crippen LogP contribution in [0.3, 0.4) is 0 Å². The Hall–Kier alpha value is -1.38. The molecule has 90 valence electrons. The molecule has 0 saturated carbocycles. The zero-order valence-electron chi connectivity index (χ0n) is 11.0. The number of rotatable bonds is 0. The molecular weight excluding hydrogens is 203 g/mol. The van der Waals surface area contributed by atoms with E-state index in [-0.39, 0.29) is 5.95 Å². The maximum absolute atomic E-state index is 13.3. The van der Waals surface area contributed by atoms with Crippen LogP contribution in [-0.2, 0) is 0 Å². The minimum atomic E-state index is -0.250. The first-order valence-corrected chi connectivity index (χ1v) is 5.78. The monoisotopic (exact) mass is 224 g/mol. The highest BCUT2D eigenvalue weighted by Gasteiger charge is 2.03. The topological polar surface area (TPSA) is 17.3 Å². The predicted molar refractivity (Wildman–Crippen MR) is 67.3 cm³/mol. The summed E-state index contributed by atoms with van der Waals surface area (Å²) in [6.45, 7) is 11.6. The fraction of sp³-hybridized carbons (Fsp3) is 0.462. The standard InChI is InChI=1S/C9H9FN2.2C2H6/c1-6-3-8-5-11-7(2)12(8)9(10)4-6;2*1-2/h3-5H,1-2H3;2*1-2H3. The molecule has 0 atom stereocenters. The van der Waals surface area contributed by atoms with Crippen molar-refractivity contribution in [1.82, 2.24) is 9.38 Å². The van der Waals surface area contributed by atoms with Crippen molar-refractivity contribution in [2.45, 2.75) is 41.5 Å². The Morgan fingerprint density at radius 2 is 1.62 bits per heavy atom. The van der Waals surface area contributed by atoms with Gasteiger partial charge in [-0.15, -0.1) is 0 Å². The molecule has 0 bridgehead atoms. The van der Waals surface area contributed by atoms with E-state index in [0.29, 0.717) is 5.82 Å². The number of aryl methyl sites for hydroxylation is 2. The van der Waals surface area contributed by atoms with E-state index in [1.165, 1.54) is 10.5 Å². The van der Waals surface area contributed by atoms with E-state index in [1.54, 1.807) is 13.1 Å². The molecule has 2 aromatic heterocycles. The summed E-state index contributed by atoms with van der Waals surface area (Å²) in [5, 5.41) is 0. The Kier molecular flexibility index (Phi) is 6.38. The van der Waals surface area contributed by atoms with Crippen molar-refractivity contribution in [2.24, 2.45) is 0 Å². The lowest BCUT2D eigenvalue weighted by Crippen LogP contribution is -1.95. The molecule has 0 saturated heterocycles. The molecule has 0 aliphatic carbocycles. The van der Waals surface area contributed by atoms with Gasteiger partial charge in [-0.05, 0) is 31.5 Å². The van der Waals surface area contributed by atoms with Gasteiger partial charge >= 0.3 is 0 Å². The molecule has 2 rings (SSSR count). The summed E-state index contributed by atoms with van der Waals surface area (Å²) in [5.41, 5.74) is 1.73. The predicted octanol–water partition coefficient (Wildman–Crippen LogP) is 4.14. The van der Waals surface area contributed by atoms with Crippen LogP contribution in [-0.4, -0.2) is 9.38 Å². The summed E-state index contributed by atoms with van der Waals surface area (Å²) in [5.74, 6) is 0.433. The van der Waals surface area contributed by atoms with Gasteiger partial charge < -0.3 is 0 Å². The van der Waals surface area contributed by atoms with E-state index >= 15 is 0 Å². The van der Waals surface area contributed by atoms with Crippen LogP contribution < -0.4 is 0 Å². The molecule has 0 N–H and O–H groups in total. The Labute approximate surface area is 97.1 Å². The SMILES string of the molecule is CC.CC.Cc1cc(F)n2c(C)ncc2c1. The molecule has 0 unspecified atom stereocenters. The number of nitrogens with zero attached hydrogens (tertiary/aromatic N) is 2. The van der Waals surface area contributed by atoms with Crippen LogP contribution in [0.4, 0.5) is 4.39 Å². The second-order valence-corrected chi connectivity index (χ2v) is 2.92. The van der Waals surface area contributed by atoms with Gasteiger partial charge in [-0.3, -0.25) is 4.40 Å². The van der Waals surface area contributed by atoms with Crippen molar-refractivity contribution < 1.29 is 4.39 Å². The lowest BCUT2D eigenvalue weighted by Gasteiger charge is -1.99. The van der Waals surface area contributed by atoms with E-state index in [2.05, 4.69) is 4.98 Å². The van der Waals surface area contributed by atoms with E-state index in [0.717, 1.165) is 11.1 Å². The Morgan fingerprint density at radius 1 is 1.06 bits per heavy atom. The van der Waals surface area contributed by atoms with Gasteiger partial charge in [0.2, 0.25) is 0 Å². The van der Waals surface area contributed by atoms with Gasteiger partial charge in [0.05, 0.1) is 11.7 Å². The Balaban J connectivity index is 0.000000509. The van der Waals surface area contributed by atoms with Gasteiger partial charge in [0.1, 0.15) is 5.82 Å². The number of pyridine rings is 1. The van der Waals surface area contributed by atoms with Gasteiger partial charge in [0, 0.05) is 0 Å². The van der Waals surface area contributed by atoms with Crippen LogP contribution in [0, 0.1) is 19.8 Å². The van der Waals surface area contributed by atoms with Crippen molar-refractivity contribution in [3.8, 4) is 0 Å². The highest BCUT2D eigenvalue weighted by atomic mass is 19.1. The lowest BCUT2D eigenvalue weighted by molar-refractivity contribution is 0.561. The van der Waals surface area contributed by atoms with Crippen molar-refractivity contribution in [3.63, 3.8) is 0 Å². The first-order valence-electron chi connectivity index (χ1n) is 5.78. The maximum Gasteiger partial charge on any atom is 0.199 e. The van der Waals surface area contributed by atoms with Gasteiger partial charge in [0.15, 0.2) is 5.95 Å². The molecule has 16 heavy (non-hydrogen) atoms. The highest BCUT2D eigenvalue weighted by Crippen LogP contribution is 2.11. The minimum Gasteiger partial charge on any atom is -0.273 e. The van der Waals surface area contributed by atoms with E-state index < -0.39 is 0 Å². The van der Waals surface area contributed by atoms with E-state index in [4.69, 9.17) is 0 Å². The van der Waals surface area contributed by atoms with Crippen molar-refractivity contribution in [3.05, 3.63) is 35.7 Å². The third-order valence-electron chi connectivity index (χ3n) is 1.90. The van der Waals surface area contributed by atoms with Crippen molar-refractivity contribution in [1.29, 1.82) is 0 Å². The van der Waals surface area contributed by atoms with Gasteiger partial charge in [-0.1, -0.05) is 27.7 Å². The molecule has 2 nitrogen and oxygen atoms in total. The van der Waals surface area contributed by atoms with Crippen molar-refractivity contribution >= 4 is 5.52 Å². The summed E-state index contributed by atoms with van der Waals surface area (Å²) in [6, 6.07) is 3.41. The third kappa shape index (κ3) is 3.05. The van der Waals surface area contributed by atoms with Crippen molar-refractivity contribution in [2.75, 3.05) is 0 Å². The first kappa shape index (κ1) is 14.6. The minimum absolute atomic E-state index is 0.250. The summed E-state index contributed by atoms with van der Waals surface area (Å²) < 4.78 is 14.8. The molecule has 0 aliphatic heterocycles. The first-order chi connectivity index (χ1) is 7.68. The zero-order valence-corrected chi connectivity index (χ0v) is 11.0. The normalized spacial score (nSPS) is 8.94. The Morgan fingerprint density at radius 3 is 2.19 bits per heavy atom. The summed E-state index contributed by atoms with van der Waals surface area (Å²) in [7, 11) is 0. The molecule has 2 heterocycles. The zero-order chi connectivity index (χ0) is 12.7. The average molecular weight is 224 g/mol. The van der Waals surface area contributed by atoms with Gasteiger partial charge in [-0.25, -0.2) is 4.98 Å². The van der Waals surface area contributed by atoms with Crippen LogP contribution in [0.25, 0.3) is 5.52 Å². The van der Waals surface area contributed by atoms with E-state index in [9.17, 15) is 4.39 Å². The summed E-state index contributed by atoms with van der Waals surface area (Å²) in [4.78, 5) is 4.02. The van der Waals surface area contributed by atoms with Crippen LogP contribution >= 0.6 is 0 Å². The number of halogens is 1. The smallest absolute Gasteiger partial charge is 0.199 e. The molecule has 0 radical (unpaired) electrons. The van der Waals surface area contributed by atoms with Crippen LogP contribution in [0.2, 0.25) is 0 Å². The number of hydrogen-bond acceptors (Lipinski definition) is 1. The second kappa shape index (κ2) is 6.99. The third-order valence-corrected chi connectivity index (χ3v) is 1.90. The molecule has 2 aromatic rings. The number of fused-ring (bicyclic) bond motifs is 1. The molecule has 0 fully saturated rings. The molecule has 0 aromatic carbocycles. The maximum atomic E-state index is 13.3. The average Bonchev–Trinajstić information content (AvgIpc) is 2.66. The summed E-state index contributed by atoms with van der Waals surface area (Å²) >= 11 is 0. The fourth-order valence-corrected chi connectivity index (χ4v) is 1.37.